The molecule has 22 heavy (non-hydrogen) atoms. The molecule has 0 radical (unpaired) electrons. The van der Waals surface area contributed by atoms with Crippen LogP contribution in [0.5, 0.6) is 0 Å². The van der Waals surface area contributed by atoms with Crippen molar-refractivity contribution < 1.29 is 4.79 Å². The van der Waals surface area contributed by atoms with Crippen molar-refractivity contribution in [2.45, 2.75) is 32.6 Å². The summed E-state index contributed by atoms with van der Waals surface area (Å²) in [6.45, 7) is 5.03. The largest absolute Gasteiger partial charge is 0.355 e. The van der Waals surface area contributed by atoms with E-state index in [0.717, 1.165) is 12.0 Å². The Balaban J connectivity index is 1.75. The van der Waals surface area contributed by atoms with Crippen LogP contribution in [0.2, 0.25) is 5.02 Å². The Kier molecular flexibility index (Phi) is 6.02. The number of hydrogen-bond acceptors (Lipinski definition) is 1. The minimum Gasteiger partial charge on any atom is -0.355 e. The second-order valence-corrected chi connectivity index (χ2v) is 6.24. The molecule has 0 spiro atoms. The van der Waals surface area contributed by atoms with E-state index in [-0.39, 0.29) is 5.91 Å². The van der Waals surface area contributed by atoms with Gasteiger partial charge in [0.2, 0.25) is 5.91 Å². The van der Waals surface area contributed by atoms with Crippen molar-refractivity contribution in [3.8, 4) is 0 Å². The molecule has 3 heteroatoms. The standard InChI is InChI=1S/C19H22ClNO/c1-14(2)17-7-3-15(4-8-17)11-12-21-19(22)13-16-5-9-18(20)10-6-16/h3-10,14H,11-13H2,1-2H3,(H,21,22). The first kappa shape index (κ1) is 16.6. The monoisotopic (exact) mass is 315 g/mol. The fourth-order valence-corrected chi connectivity index (χ4v) is 2.39. The molecule has 0 aliphatic heterocycles. The molecule has 2 nitrogen and oxygen atoms in total. The fourth-order valence-electron chi connectivity index (χ4n) is 2.27. The molecule has 0 bridgehead atoms. The van der Waals surface area contributed by atoms with Gasteiger partial charge in [-0.2, -0.15) is 0 Å². The van der Waals surface area contributed by atoms with Crippen LogP contribution >= 0.6 is 11.6 Å². The zero-order chi connectivity index (χ0) is 15.9. The minimum absolute atomic E-state index is 0.0427. The van der Waals surface area contributed by atoms with Gasteiger partial charge in [-0.25, -0.2) is 0 Å². The maximum Gasteiger partial charge on any atom is 0.224 e. The Morgan fingerprint density at radius 1 is 1.00 bits per heavy atom. The van der Waals surface area contributed by atoms with E-state index in [1.807, 2.05) is 12.1 Å². The lowest BCUT2D eigenvalue weighted by Crippen LogP contribution is -2.27. The predicted molar refractivity (Wildman–Crippen MR) is 92.4 cm³/mol. The number of carbonyl (C=O) groups excluding carboxylic acids is 1. The van der Waals surface area contributed by atoms with Crippen molar-refractivity contribution in [3.63, 3.8) is 0 Å². The zero-order valence-electron chi connectivity index (χ0n) is 13.1. The van der Waals surface area contributed by atoms with Crippen molar-refractivity contribution >= 4 is 17.5 Å². The SMILES string of the molecule is CC(C)c1ccc(CCNC(=O)Cc2ccc(Cl)cc2)cc1. The summed E-state index contributed by atoms with van der Waals surface area (Å²) in [5.74, 6) is 0.592. The second kappa shape index (κ2) is 8.00. The van der Waals surface area contributed by atoms with Gasteiger partial charge in [0, 0.05) is 11.6 Å². The summed E-state index contributed by atoms with van der Waals surface area (Å²) >= 11 is 5.83. The zero-order valence-corrected chi connectivity index (χ0v) is 13.9. The predicted octanol–water partition coefficient (Wildman–Crippen LogP) is 4.36. The van der Waals surface area contributed by atoms with Crippen LogP contribution in [-0.4, -0.2) is 12.5 Å². The van der Waals surface area contributed by atoms with Crippen molar-refractivity contribution in [3.05, 3.63) is 70.2 Å². The molecule has 0 saturated carbocycles. The summed E-state index contributed by atoms with van der Waals surface area (Å²) < 4.78 is 0. The fraction of sp³-hybridized carbons (Fsp3) is 0.316. The number of halogens is 1. The quantitative estimate of drug-likeness (QED) is 0.843. The van der Waals surface area contributed by atoms with Gasteiger partial charge in [-0.05, 0) is 41.2 Å². The average Bonchev–Trinajstić information content (AvgIpc) is 2.50. The Hall–Kier alpha value is -1.80. The van der Waals surface area contributed by atoms with E-state index in [1.165, 1.54) is 11.1 Å². The average molecular weight is 316 g/mol. The minimum atomic E-state index is 0.0427. The molecule has 2 rings (SSSR count). The lowest BCUT2D eigenvalue weighted by Gasteiger charge is -2.08. The third-order valence-corrected chi connectivity index (χ3v) is 3.91. The number of benzene rings is 2. The van der Waals surface area contributed by atoms with Crippen molar-refractivity contribution in [1.82, 2.24) is 5.32 Å². The maximum atomic E-state index is 11.9. The van der Waals surface area contributed by atoms with Gasteiger partial charge in [0.15, 0.2) is 0 Å². The number of carbonyl (C=O) groups is 1. The van der Waals surface area contributed by atoms with Crippen molar-refractivity contribution in [2.75, 3.05) is 6.54 Å². The first-order chi connectivity index (χ1) is 10.5. The van der Waals surface area contributed by atoms with E-state index < -0.39 is 0 Å². The number of hydrogen-bond donors (Lipinski definition) is 1. The van der Waals surface area contributed by atoms with Gasteiger partial charge in [-0.15, -0.1) is 0 Å². The Morgan fingerprint density at radius 2 is 1.59 bits per heavy atom. The van der Waals surface area contributed by atoms with Crippen LogP contribution in [0.3, 0.4) is 0 Å². The highest BCUT2D eigenvalue weighted by Gasteiger charge is 2.03. The number of nitrogens with one attached hydrogen (secondary N) is 1. The van der Waals surface area contributed by atoms with Crippen LogP contribution in [0.25, 0.3) is 0 Å². The van der Waals surface area contributed by atoms with Crippen LogP contribution < -0.4 is 5.32 Å². The highest BCUT2D eigenvalue weighted by molar-refractivity contribution is 6.30. The summed E-state index contributed by atoms with van der Waals surface area (Å²) in [7, 11) is 0. The van der Waals surface area contributed by atoms with Crippen LogP contribution in [-0.2, 0) is 17.6 Å². The molecule has 0 unspecified atom stereocenters. The second-order valence-electron chi connectivity index (χ2n) is 5.80. The Bertz CT molecular complexity index is 602. The van der Waals surface area contributed by atoms with E-state index in [1.54, 1.807) is 12.1 Å². The molecule has 1 amide bonds. The normalized spacial score (nSPS) is 10.7. The van der Waals surface area contributed by atoms with Gasteiger partial charge in [-0.3, -0.25) is 4.79 Å². The third kappa shape index (κ3) is 5.19. The van der Waals surface area contributed by atoms with E-state index >= 15 is 0 Å². The van der Waals surface area contributed by atoms with E-state index in [2.05, 4.69) is 43.4 Å². The van der Waals surface area contributed by atoms with Crippen LogP contribution in [0.15, 0.2) is 48.5 Å². The summed E-state index contributed by atoms with van der Waals surface area (Å²) in [4.78, 5) is 11.9. The highest BCUT2D eigenvalue weighted by Crippen LogP contribution is 2.14. The molecule has 2 aromatic rings. The highest BCUT2D eigenvalue weighted by atomic mass is 35.5. The molecule has 0 saturated heterocycles. The summed E-state index contributed by atoms with van der Waals surface area (Å²) in [5.41, 5.74) is 3.56. The van der Waals surface area contributed by atoms with Crippen LogP contribution in [0, 0.1) is 0 Å². The van der Waals surface area contributed by atoms with Crippen molar-refractivity contribution in [1.29, 1.82) is 0 Å². The molecule has 0 aliphatic rings. The maximum absolute atomic E-state index is 11.9. The topological polar surface area (TPSA) is 29.1 Å². The summed E-state index contributed by atoms with van der Waals surface area (Å²) in [5, 5.41) is 3.65. The third-order valence-electron chi connectivity index (χ3n) is 3.66. The molecule has 1 N–H and O–H groups in total. The molecule has 0 aliphatic carbocycles. The first-order valence-electron chi connectivity index (χ1n) is 7.64. The Morgan fingerprint density at radius 3 is 2.18 bits per heavy atom. The molecule has 116 valence electrons. The molecule has 0 aromatic heterocycles. The summed E-state index contributed by atoms with van der Waals surface area (Å²) in [6, 6.07) is 16.0. The van der Waals surface area contributed by atoms with Crippen LogP contribution in [0.4, 0.5) is 0 Å². The van der Waals surface area contributed by atoms with E-state index in [9.17, 15) is 4.79 Å². The van der Waals surface area contributed by atoms with Crippen LogP contribution in [0.1, 0.15) is 36.5 Å². The molecule has 2 aromatic carbocycles. The molecule has 0 fully saturated rings. The lowest BCUT2D eigenvalue weighted by molar-refractivity contribution is -0.120. The molecular weight excluding hydrogens is 294 g/mol. The van der Waals surface area contributed by atoms with Gasteiger partial charge in [-0.1, -0.05) is 61.8 Å². The van der Waals surface area contributed by atoms with Gasteiger partial charge in [0.05, 0.1) is 6.42 Å². The van der Waals surface area contributed by atoms with Crippen molar-refractivity contribution in [2.24, 2.45) is 0 Å². The molecular formula is C19H22ClNO. The lowest BCUT2D eigenvalue weighted by atomic mass is 10.0. The van der Waals surface area contributed by atoms with Gasteiger partial charge in [0.1, 0.15) is 0 Å². The van der Waals surface area contributed by atoms with Gasteiger partial charge in [0.25, 0.3) is 0 Å². The van der Waals surface area contributed by atoms with Gasteiger partial charge >= 0.3 is 0 Å². The molecule has 0 atom stereocenters. The smallest absolute Gasteiger partial charge is 0.224 e. The van der Waals surface area contributed by atoms with E-state index in [4.69, 9.17) is 11.6 Å². The van der Waals surface area contributed by atoms with E-state index in [0.29, 0.717) is 23.9 Å². The summed E-state index contributed by atoms with van der Waals surface area (Å²) in [6.07, 6.45) is 1.24. The molecule has 0 heterocycles. The number of amides is 1. The van der Waals surface area contributed by atoms with Gasteiger partial charge < -0.3 is 5.32 Å². The first-order valence-corrected chi connectivity index (χ1v) is 8.02. The number of rotatable bonds is 6. The Labute approximate surface area is 137 Å².